The fourth-order valence-corrected chi connectivity index (χ4v) is 4.12. The highest BCUT2D eigenvalue weighted by molar-refractivity contribution is 7.99. The third kappa shape index (κ3) is 5.60. The van der Waals surface area contributed by atoms with E-state index in [1.807, 2.05) is 30.3 Å². The van der Waals surface area contributed by atoms with Gasteiger partial charge in [-0.15, -0.1) is 0 Å². The summed E-state index contributed by atoms with van der Waals surface area (Å²) in [6.07, 6.45) is 3.81. The average molecular weight is 429 g/mol. The number of amides is 1. The molecule has 0 radical (unpaired) electrons. The molecule has 1 atom stereocenters. The largest absolute Gasteiger partial charge is 0.464 e. The monoisotopic (exact) mass is 428 g/mol. The van der Waals surface area contributed by atoms with Crippen LogP contribution in [0.4, 0.5) is 0 Å². The van der Waals surface area contributed by atoms with Crippen molar-refractivity contribution in [1.82, 2.24) is 9.88 Å². The molecule has 1 aromatic heterocycles. The number of benzene rings is 1. The van der Waals surface area contributed by atoms with Gasteiger partial charge < -0.3 is 14.4 Å². The fraction of sp³-hybridized carbons (Fsp3) is 0.364. The van der Waals surface area contributed by atoms with Gasteiger partial charge in [0.2, 0.25) is 0 Å². The van der Waals surface area contributed by atoms with E-state index in [-0.39, 0.29) is 6.61 Å². The molecule has 0 saturated carbocycles. The quantitative estimate of drug-likeness (QED) is 0.625. The number of pyridine rings is 1. The molecule has 2 heterocycles. The first kappa shape index (κ1) is 21.8. The number of carbonyl (C=O) groups is 3. The van der Waals surface area contributed by atoms with Gasteiger partial charge >= 0.3 is 11.9 Å². The molecule has 1 saturated heterocycles. The zero-order valence-corrected chi connectivity index (χ0v) is 17.6. The van der Waals surface area contributed by atoms with E-state index in [2.05, 4.69) is 4.98 Å². The van der Waals surface area contributed by atoms with Gasteiger partial charge in [-0.1, -0.05) is 30.0 Å². The number of aromatic nitrogens is 1. The minimum absolute atomic E-state index is 0.259. The normalized spacial score (nSPS) is 16.0. The molecule has 1 amide bonds. The minimum atomic E-state index is -0.625. The summed E-state index contributed by atoms with van der Waals surface area (Å²) >= 11 is 1.35. The molecule has 1 fully saturated rings. The van der Waals surface area contributed by atoms with Crippen molar-refractivity contribution in [3.8, 4) is 0 Å². The number of rotatable bonds is 7. The van der Waals surface area contributed by atoms with E-state index in [1.165, 1.54) is 16.7 Å². The van der Waals surface area contributed by atoms with Crippen LogP contribution in [0.15, 0.2) is 58.6 Å². The number of likely N-dealkylation sites (tertiary alicyclic amines) is 1. The average Bonchev–Trinajstić information content (AvgIpc) is 2.78. The zero-order chi connectivity index (χ0) is 21.3. The first-order valence-corrected chi connectivity index (χ1v) is 10.7. The third-order valence-electron chi connectivity index (χ3n) is 4.66. The molecule has 0 N–H and O–H groups in total. The van der Waals surface area contributed by atoms with Crippen LogP contribution < -0.4 is 0 Å². The summed E-state index contributed by atoms with van der Waals surface area (Å²) in [5.41, 5.74) is 0.291. The summed E-state index contributed by atoms with van der Waals surface area (Å²) in [5, 5.41) is 0.503. The van der Waals surface area contributed by atoms with Crippen LogP contribution in [0.3, 0.4) is 0 Å². The van der Waals surface area contributed by atoms with Crippen LogP contribution in [-0.4, -0.2) is 53.5 Å². The van der Waals surface area contributed by atoms with Gasteiger partial charge in [-0.25, -0.2) is 14.6 Å². The second-order valence-corrected chi connectivity index (χ2v) is 7.76. The van der Waals surface area contributed by atoms with Crippen molar-refractivity contribution >= 4 is 29.6 Å². The van der Waals surface area contributed by atoms with Gasteiger partial charge in [-0.05, 0) is 50.5 Å². The lowest BCUT2D eigenvalue weighted by atomic mass is 10.0. The highest BCUT2D eigenvalue weighted by Gasteiger charge is 2.33. The van der Waals surface area contributed by atoms with Crippen LogP contribution >= 0.6 is 11.8 Å². The second kappa shape index (κ2) is 10.8. The van der Waals surface area contributed by atoms with E-state index < -0.39 is 30.5 Å². The predicted octanol–water partition coefficient (Wildman–Crippen LogP) is 3.33. The Bertz CT molecular complexity index is 890. The van der Waals surface area contributed by atoms with Crippen LogP contribution in [0.1, 0.15) is 36.5 Å². The molecular weight excluding hydrogens is 404 g/mol. The molecule has 1 aliphatic rings. The van der Waals surface area contributed by atoms with Gasteiger partial charge in [0.15, 0.2) is 6.61 Å². The van der Waals surface area contributed by atoms with E-state index in [0.29, 0.717) is 23.6 Å². The smallest absolute Gasteiger partial charge is 0.341 e. The van der Waals surface area contributed by atoms with Gasteiger partial charge in [0.05, 0.1) is 12.2 Å². The van der Waals surface area contributed by atoms with Gasteiger partial charge in [-0.2, -0.15) is 0 Å². The number of hydrogen-bond acceptors (Lipinski definition) is 7. The molecule has 1 aromatic carbocycles. The summed E-state index contributed by atoms with van der Waals surface area (Å²) in [6, 6.07) is 12.2. The maximum Gasteiger partial charge on any atom is 0.341 e. The summed E-state index contributed by atoms with van der Waals surface area (Å²) in [4.78, 5) is 44.1. The molecule has 2 aromatic rings. The van der Waals surface area contributed by atoms with Crippen molar-refractivity contribution in [3.05, 3.63) is 54.2 Å². The van der Waals surface area contributed by atoms with Crippen LogP contribution in [0.5, 0.6) is 0 Å². The Labute approximate surface area is 179 Å². The highest BCUT2D eigenvalue weighted by Crippen LogP contribution is 2.28. The molecule has 0 spiro atoms. The molecule has 1 aliphatic heterocycles. The Morgan fingerprint density at radius 3 is 2.67 bits per heavy atom. The summed E-state index contributed by atoms with van der Waals surface area (Å²) in [6.45, 7) is 2.00. The van der Waals surface area contributed by atoms with Crippen LogP contribution in [0, 0.1) is 0 Å². The second-order valence-electron chi connectivity index (χ2n) is 6.70. The fourth-order valence-electron chi connectivity index (χ4n) is 3.23. The van der Waals surface area contributed by atoms with Crippen LogP contribution in [0.2, 0.25) is 0 Å². The summed E-state index contributed by atoms with van der Waals surface area (Å²) in [5.74, 6) is -1.44. The van der Waals surface area contributed by atoms with E-state index in [4.69, 9.17) is 9.47 Å². The lowest BCUT2D eigenvalue weighted by molar-refractivity contribution is -0.157. The van der Waals surface area contributed by atoms with Crippen LogP contribution in [-0.2, 0) is 19.1 Å². The Balaban J connectivity index is 1.64. The van der Waals surface area contributed by atoms with Gasteiger partial charge in [0.25, 0.3) is 5.91 Å². The number of esters is 2. The van der Waals surface area contributed by atoms with Crippen LogP contribution in [0.25, 0.3) is 0 Å². The van der Waals surface area contributed by atoms with Crippen molar-refractivity contribution in [2.45, 2.75) is 42.1 Å². The Morgan fingerprint density at radius 1 is 1.10 bits per heavy atom. The Kier molecular flexibility index (Phi) is 7.84. The molecule has 0 aliphatic carbocycles. The number of ether oxygens (including phenoxy) is 2. The lowest BCUT2D eigenvalue weighted by Gasteiger charge is -2.33. The number of hydrogen-bond donors (Lipinski definition) is 0. The topological polar surface area (TPSA) is 85.8 Å². The number of piperidine rings is 1. The van der Waals surface area contributed by atoms with Gasteiger partial charge in [-0.3, -0.25) is 4.79 Å². The molecule has 3 rings (SSSR count). The van der Waals surface area contributed by atoms with Crippen molar-refractivity contribution in [2.75, 3.05) is 19.8 Å². The first-order chi connectivity index (χ1) is 14.6. The summed E-state index contributed by atoms with van der Waals surface area (Å²) < 4.78 is 10.4. The van der Waals surface area contributed by atoms with Crippen molar-refractivity contribution in [3.63, 3.8) is 0 Å². The molecular formula is C22H24N2O5S. The maximum atomic E-state index is 12.6. The van der Waals surface area contributed by atoms with E-state index in [1.54, 1.807) is 25.3 Å². The highest BCUT2D eigenvalue weighted by atomic mass is 32.2. The lowest BCUT2D eigenvalue weighted by Crippen LogP contribution is -2.50. The summed E-state index contributed by atoms with van der Waals surface area (Å²) in [7, 11) is 0. The van der Waals surface area contributed by atoms with Gasteiger partial charge in [0.1, 0.15) is 11.1 Å². The number of carbonyl (C=O) groups excluding carboxylic acids is 3. The van der Waals surface area contributed by atoms with E-state index in [0.717, 1.165) is 17.7 Å². The molecule has 0 bridgehead atoms. The van der Waals surface area contributed by atoms with Crippen molar-refractivity contribution in [1.29, 1.82) is 0 Å². The number of nitrogens with zero attached hydrogens (tertiary/aromatic N) is 2. The molecule has 7 nitrogen and oxygen atoms in total. The van der Waals surface area contributed by atoms with Crippen molar-refractivity contribution < 1.29 is 23.9 Å². The molecule has 30 heavy (non-hydrogen) atoms. The Morgan fingerprint density at radius 2 is 1.90 bits per heavy atom. The zero-order valence-electron chi connectivity index (χ0n) is 16.8. The molecule has 1 unspecified atom stereocenters. The predicted molar refractivity (Wildman–Crippen MR) is 111 cm³/mol. The SMILES string of the molecule is CCOC(=O)C1CCCCN1C(=O)COC(=O)c1cccnc1Sc1ccccc1. The maximum absolute atomic E-state index is 12.6. The van der Waals surface area contributed by atoms with Gasteiger partial charge in [0, 0.05) is 17.6 Å². The molecule has 158 valence electrons. The first-order valence-electron chi connectivity index (χ1n) is 9.91. The third-order valence-corrected chi connectivity index (χ3v) is 5.68. The van der Waals surface area contributed by atoms with E-state index in [9.17, 15) is 14.4 Å². The molecule has 8 heteroatoms. The minimum Gasteiger partial charge on any atom is -0.464 e. The van der Waals surface area contributed by atoms with E-state index >= 15 is 0 Å². The standard InChI is InChI=1S/C22H24N2O5S/c1-2-28-22(27)18-12-6-7-14-24(18)19(25)15-29-21(26)17-11-8-13-23-20(17)30-16-9-4-3-5-10-16/h3-5,8-11,13,18H,2,6-7,12,14-15H2,1H3. The van der Waals surface area contributed by atoms with Crippen molar-refractivity contribution in [2.24, 2.45) is 0 Å². The Hall–Kier alpha value is -2.87.